The maximum Gasteiger partial charge on any atom is -0.0162 e. The van der Waals surface area contributed by atoms with Crippen LogP contribution in [0.5, 0.6) is 0 Å². The van der Waals surface area contributed by atoms with Gasteiger partial charge in [-0.25, -0.2) is 0 Å². The van der Waals surface area contributed by atoms with Gasteiger partial charge >= 0.3 is 0 Å². The minimum atomic E-state index is 0.830. The predicted molar refractivity (Wildman–Crippen MR) is 140 cm³/mol. The number of hydrogen-bond acceptors (Lipinski definition) is 0. The SMILES string of the molecule is CCCCCC1C=CC(C2CCC(C3CCC(c4ccc(CCC)cc4)CC3)CC2)CC1. The standard InChI is InChI=1S/C32H50/c1-3-5-6-8-26-11-15-28(16-12-26)30-19-23-32(24-20-30)31-21-17-29(18-22-31)27-13-9-25(7-4-2)10-14-27/h9-11,13-15,26,28-32H,3-8,12,16-24H2,1-2H3. The van der Waals surface area contributed by atoms with Crippen LogP contribution in [0, 0.1) is 29.6 Å². The first-order valence-electron chi connectivity index (χ1n) is 14.5. The van der Waals surface area contributed by atoms with Crippen molar-refractivity contribution in [1.82, 2.24) is 0 Å². The first-order chi connectivity index (χ1) is 15.8. The Bertz CT molecular complexity index is 666. The van der Waals surface area contributed by atoms with Crippen LogP contribution >= 0.6 is 0 Å². The highest BCUT2D eigenvalue weighted by Crippen LogP contribution is 2.46. The summed E-state index contributed by atoms with van der Waals surface area (Å²) < 4.78 is 0. The van der Waals surface area contributed by atoms with Gasteiger partial charge in [-0.15, -0.1) is 0 Å². The summed E-state index contributed by atoms with van der Waals surface area (Å²) in [6.45, 7) is 4.60. The number of allylic oxidation sites excluding steroid dienone is 2. The van der Waals surface area contributed by atoms with Crippen LogP contribution in [-0.2, 0) is 6.42 Å². The van der Waals surface area contributed by atoms with Gasteiger partial charge in [0.1, 0.15) is 0 Å². The van der Waals surface area contributed by atoms with Crippen LogP contribution in [0.1, 0.15) is 127 Å². The molecule has 0 saturated heterocycles. The molecule has 0 aromatic heterocycles. The topological polar surface area (TPSA) is 0 Å². The highest BCUT2D eigenvalue weighted by atomic mass is 14.4. The van der Waals surface area contributed by atoms with E-state index in [0.29, 0.717) is 0 Å². The normalized spacial score (nSPS) is 33.3. The van der Waals surface area contributed by atoms with E-state index in [9.17, 15) is 0 Å². The zero-order chi connectivity index (χ0) is 22.2. The van der Waals surface area contributed by atoms with E-state index < -0.39 is 0 Å². The van der Waals surface area contributed by atoms with Gasteiger partial charge in [0.15, 0.2) is 0 Å². The molecule has 0 heterocycles. The maximum atomic E-state index is 2.65. The second-order valence-electron chi connectivity index (χ2n) is 11.7. The van der Waals surface area contributed by atoms with Crippen LogP contribution in [0.2, 0.25) is 0 Å². The Morgan fingerprint density at radius 2 is 1.28 bits per heavy atom. The van der Waals surface area contributed by atoms with Crippen molar-refractivity contribution in [2.24, 2.45) is 29.6 Å². The van der Waals surface area contributed by atoms with Gasteiger partial charge in [0, 0.05) is 0 Å². The Morgan fingerprint density at radius 1 is 0.625 bits per heavy atom. The van der Waals surface area contributed by atoms with Crippen molar-refractivity contribution < 1.29 is 0 Å². The number of benzene rings is 1. The van der Waals surface area contributed by atoms with Crippen molar-refractivity contribution in [1.29, 1.82) is 0 Å². The molecular formula is C32H50. The van der Waals surface area contributed by atoms with Crippen LogP contribution in [0.15, 0.2) is 36.4 Å². The van der Waals surface area contributed by atoms with Crippen molar-refractivity contribution in [2.75, 3.05) is 0 Å². The highest BCUT2D eigenvalue weighted by Gasteiger charge is 2.33. The lowest BCUT2D eigenvalue weighted by Gasteiger charge is -2.40. The van der Waals surface area contributed by atoms with E-state index in [-0.39, 0.29) is 0 Å². The van der Waals surface area contributed by atoms with Crippen molar-refractivity contribution in [3.8, 4) is 0 Å². The fourth-order valence-corrected chi connectivity index (χ4v) is 7.40. The Hall–Kier alpha value is -1.04. The zero-order valence-electron chi connectivity index (χ0n) is 21.2. The molecule has 2 unspecified atom stereocenters. The Labute approximate surface area is 199 Å². The second kappa shape index (κ2) is 12.4. The molecule has 3 aliphatic rings. The molecule has 0 amide bonds. The minimum Gasteiger partial charge on any atom is -0.0851 e. The van der Waals surface area contributed by atoms with E-state index in [1.165, 1.54) is 108 Å². The molecule has 0 nitrogen and oxygen atoms in total. The number of aryl methyl sites for hydroxylation is 1. The van der Waals surface area contributed by atoms with Gasteiger partial charge in [-0.2, -0.15) is 0 Å². The van der Waals surface area contributed by atoms with Crippen LogP contribution in [0.3, 0.4) is 0 Å². The first-order valence-corrected chi connectivity index (χ1v) is 14.5. The highest BCUT2D eigenvalue weighted by molar-refractivity contribution is 5.26. The monoisotopic (exact) mass is 434 g/mol. The van der Waals surface area contributed by atoms with Gasteiger partial charge in [0.25, 0.3) is 0 Å². The summed E-state index contributed by atoms with van der Waals surface area (Å²) in [4.78, 5) is 0. The largest absolute Gasteiger partial charge is 0.0851 e. The smallest absolute Gasteiger partial charge is 0.0162 e. The average Bonchev–Trinajstić information content (AvgIpc) is 2.86. The second-order valence-corrected chi connectivity index (χ2v) is 11.7. The predicted octanol–water partition coefficient (Wildman–Crippen LogP) is 9.88. The summed E-state index contributed by atoms with van der Waals surface area (Å²) in [5.74, 6) is 5.69. The van der Waals surface area contributed by atoms with Crippen LogP contribution in [0.25, 0.3) is 0 Å². The number of rotatable bonds is 9. The van der Waals surface area contributed by atoms with Gasteiger partial charge in [0.05, 0.1) is 0 Å². The van der Waals surface area contributed by atoms with E-state index in [4.69, 9.17) is 0 Å². The van der Waals surface area contributed by atoms with Gasteiger partial charge < -0.3 is 0 Å². The number of hydrogen-bond donors (Lipinski definition) is 0. The molecule has 1 aromatic carbocycles. The molecule has 0 spiro atoms. The molecule has 0 aliphatic heterocycles. The van der Waals surface area contributed by atoms with E-state index in [1.807, 2.05) is 0 Å². The molecule has 2 atom stereocenters. The Kier molecular flexibility index (Phi) is 9.36. The van der Waals surface area contributed by atoms with Crippen molar-refractivity contribution >= 4 is 0 Å². The maximum absolute atomic E-state index is 2.65. The van der Waals surface area contributed by atoms with E-state index in [1.54, 1.807) is 5.56 Å². The third kappa shape index (κ3) is 6.51. The molecule has 0 heteroatoms. The summed E-state index contributed by atoms with van der Waals surface area (Å²) in [5.41, 5.74) is 3.13. The van der Waals surface area contributed by atoms with Gasteiger partial charge in [-0.3, -0.25) is 0 Å². The summed E-state index contributed by atoms with van der Waals surface area (Å²) in [6, 6.07) is 9.65. The molecule has 3 aliphatic carbocycles. The quantitative estimate of drug-likeness (QED) is 0.268. The molecule has 0 radical (unpaired) electrons. The third-order valence-electron chi connectivity index (χ3n) is 9.53. The average molecular weight is 435 g/mol. The summed E-state index contributed by atoms with van der Waals surface area (Å²) in [6.07, 6.45) is 28.3. The minimum absolute atomic E-state index is 0.830. The summed E-state index contributed by atoms with van der Waals surface area (Å²) >= 11 is 0. The lowest BCUT2D eigenvalue weighted by atomic mass is 9.65. The van der Waals surface area contributed by atoms with E-state index in [2.05, 4.69) is 50.3 Å². The Balaban J connectivity index is 1.17. The van der Waals surface area contributed by atoms with Crippen molar-refractivity contribution in [3.63, 3.8) is 0 Å². The van der Waals surface area contributed by atoms with Gasteiger partial charge in [-0.05, 0) is 124 Å². The van der Waals surface area contributed by atoms with Crippen LogP contribution in [0.4, 0.5) is 0 Å². The molecule has 1 aromatic rings. The lowest BCUT2D eigenvalue weighted by molar-refractivity contribution is 0.139. The van der Waals surface area contributed by atoms with E-state index >= 15 is 0 Å². The van der Waals surface area contributed by atoms with Crippen molar-refractivity contribution in [2.45, 2.75) is 122 Å². The first kappa shape index (κ1) is 24.1. The third-order valence-corrected chi connectivity index (χ3v) is 9.53. The van der Waals surface area contributed by atoms with E-state index in [0.717, 1.165) is 35.5 Å². The van der Waals surface area contributed by atoms with Crippen LogP contribution < -0.4 is 0 Å². The van der Waals surface area contributed by atoms with Crippen molar-refractivity contribution in [3.05, 3.63) is 47.5 Å². The molecule has 4 rings (SSSR count). The van der Waals surface area contributed by atoms with Crippen LogP contribution in [-0.4, -0.2) is 0 Å². The molecule has 178 valence electrons. The fraction of sp³-hybridized carbons (Fsp3) is 0.750. The summed E-state index contributed by atoms with van der Waals surface area (Å²) in [5, 5.41) is 0. The lowest BCUT2D eigenvalue weighted by Crippen LogP contribution is -2.28. The summed E-state index contributed by atoms with van der Waals surface area (Å²) in [7, 11) is 0. The molecule has 0 N–H and O–H groups in total. The van der Waals surface area contributed by atoms with Gasteiger partial charge in [-0.1, -0.05) is 75.9 Å². The molecule has 0 bridgehead atoms. The molecule has 2 saturated carbocycles. The Morgan fingerprint density at radius 3 is 1.88 bits per heavy atom. The number of unbranched alkanes of at least 4 members (excludes halogenated alkanes) is 2. The zero-order valence-corrected chi connectivity index (χ0v) is 21.2. The molecule has 32 heavy (non-hydrogen) atoms. The van der Waals surface area contributed by atoms with Gasteiger partial charge in [0.2, 0.25) is 0 Å². The molecule has 2 fully saturated rings. The molecular weight excluding hydrogens is 384 g/mol. The fourth-order valence-electron chi connectivity index (χ4n) is 7.40.